The first-order chi connectivity index (χ1) is 13.6. The van der Waals surface area contributed by atoms with Crippen molar-refractivity contribution >= 4 is 33.2 Å². The molecule has 0 amide bonds. The van der Waals surface area contributed by atoms with Crippen molar-refractivity contribution in [2.45, 2.75) is 31.3 Å². The lowest BCUT2D eigenvalue weighted by molar-refractivity contribution is 0.0601. The van der Waals surface area contributed by atoms with Crippen molar-refractivity contribution in [3.05, 3.63) is 75.2 Å². The maximum Gasteiger partial charge on any atom is 0.337 e. The summed E-state index contributed by atoms with van der Waals surface area (Å²) in [6, 6.07) is 16.0. The Kier molecular flexibility index (Phi) is 5.62. The third-order valence-electron chi connectivity index (χ3n) is 5.32. The Balaban J connectivity index is 1.45. The minimum Gasteiger partial charge on any atom is -0.465 e. The maximum atomic E-state index is 11.6. The average Bonchev–Trinajstić information content (AvgIpc) is 3.17. The van der Waals surface area contributed by atoms with Crippen LogP contribution in [-0.2, 0) is 16.8 Å². The number of hydrogen-bond acceptors (Lipinski definition) is 5. The number of halogens is 1. The molecule has 1 aromatic heterocycles. The molecule has 1 N–H and O–H groups in total. The van der Waals surface area contributed by atoms with E-state index in [1.165, 1.54) is 19.1 Å². The van der Waals surface area contributed by atoms with E-state index in [0.29, 0.717) is 5.56 Å². The van der Waals surface area contributed by atoms with E-state index in [9.17, 15) is 4.79 Å². The van der Waals surface area contributed by atoms with Gasteiger partial charge in [0.1, 0.15) is 5.01 Å². The Morgan fingerprint density at radius 1 is 1.18 bits per heavy atom. The molecular formula is C22H21BrN2O2S. The monoisotopic (exact) mass is 456 g/mol. The van der Waals surface area contributed by atoms with Crippen LogP contribution < -0.4 is 5.32 Å². The van der Waals surface area contributed by atoms with Crippen molar-refractivity contribution in [1.82, 2.24) is 10.3 Å². The van der Waals surface area contributed by atoms with Crippen molar-refractivity contribution in [1.29, 1.82) is 0 Å². The SMILES string of the molecule is COC(=O)c1ccc(-c2nc(CNC3(c4ccc(Br)cc4)CCC3)cs2)cc1. The van der Waals surface area contributed by atoms with Crippen molar-refractivity contribution in [2.75, 3.05) is 7.11 Å². The molecule has 0 radical (unpaired) electrons. The Morgan fingerprint density at radius 2 is 1.89 bits per heavy atom. The summed E-state index contributed by atoms with van der Waals surface area (Å²) in [5.74, 6) is -0.325. The van der Waals surface area contributed by atoms with Gasteiger partial charge >= 0.3 is 5.97 Å². The molecule has 4 rings (SSSR count). The zero-order valence-corrected chi connectivity index (χ0v) is 18.0. The quantitative estimate of drug-likeness (QED) is 0.495. The van der Waals surface area contributed by atoms with Gasteiger partial charge in [-0.2, -0.15) is 0 Å². The van der Waals surface area contributed by atoms with Gasteiger partial charge in [0.2, 0.25) is 0 Å². The molecular weight excluding hydrogens is 436 g/mol. The van der Waals surface area contributed by atoms with E-state index in [1.807, 2.05) is 12.1 Å². The standard InChI is InChI=1S/C22H21BrN2O2S/c1-27-21(26)16-5-3-15(4-6-16)20-25-19(14-28-20)13-24-22(11-2-12-22)17-7-9-18(23)10-8-17/h3-10,14,24H,2,11-13H2,1H3. The molecule has 0 aliphatic heterocycles. The summed E-state index contributed by atoms with van der Waals surface area (Å²) < 4.78 is 5.85. The van der Waals surface area contributed by atoms with Crippen LogP contribution in [0, 0.1) is 0 Å². The summed E-state index contributed by atoms with van der Waals surface area (Å²) in [4.78, 5) is 16.3. The molecule has 1 saturated carbocycles. The molecule has 2 aromatic carbocycles. The molecule has 0 saturated heterocycles. The smallest absolute Gasteiger partial charge is 0.337 e. The lowest BCUT2D eigenvalue weighted by atomic mass is 9.72. The number of rotatable bonds is 6. The van der Waals surface area contributed by atoms with Gasteiger partial charge in [0.15, 0.2) is 0 Å². The fourth-order valence-corrected chi connectivity index (χ4v) is 4.60. The Bertz CT molecular complexity index is 963. The van der Waals surface area contributed by atoms with Gasteiger partial charge in [0, 0.05) is 27.5 Å². The predicted molar refractivity (Wildman–Crippen MR) is 115 cm³/mol. The van der Waals surface area contributed by atoms with Gasteiger partial charge in [-0.25, -0.2) is 9.78 Å². The van der Waals surface area contributed by atoms with Crippen LogP contribution in [0.25, 0.3) is 10.6 Å². The highest BCUT2D eigenvalue weighted by molar-refractivity contribution is 9.10. The van der Waals surface area contributed by atoms with Crippen molar-refractivity contribution in [3.8, 4) is 10.6 Å². The van der Waals surface area contributed by atoms with E-state index in [-0.39, 0.29) is 11.5 Å². The number of hydrogen-bond donors (Lipinski definition) is 1. The number of nitrogens with zero attached hydrogens (tertiary/aromatic N) is 1. The predicted octanol–water partition coefficient (Wildman–Crippen LogP) is 5.53. The molecule has 0 spiro atoms. The van der Waals surface area contributed by atoms with Crippen molar-refractivity contribution < 1.29 is 9.53 Å². The number of carbonyl (C=O) groups excluding carboxylic acids is 1. The van der Waals surface area contributed by atoms with Crippen LogP contribution in [-0.4, -0.2) is 18.1 Å². The number of thiazole rings is 1. The second kappa shape index (κ2) is 8.15. The van der Waals surface area contributed by atoms with Crippen LogP contribution in [0.4, 0.5) is 0 Å². The van der Waals surface area contributed by atoms with Crippen LogP contribution in [0.15, 0.2) is 58.4 Å². The molecule has 0 bridgehead atoms. The van der Waals surface area contributed by atoms with E-state index in [0.717, 1.165) is 40.1 Å². The molecule has 1 aliphatic carbocycles. The second-order valence-electron chi connectivity index (χ2n) is 7.01. The first-order valence-corrected chi connectivity index (χ1v) is 10.9. The summed E-state index contributed by atoms with van der Waals surface area (Å²) in [5, 5.41) is 6.81. The Labute approximate surface area is 177 Å². The lowest BCUT2D eigenvalue weighted by Gasteiger charge is -2.43. The molecule has 4 nitrogen and oxygen atoms in total. The molecule has 1 heterocycles. The van der Waals surface area contributed by atoms with Crippen LogP contribution in [0.3, 0.4) is 0 Å². The van der Waals surface area contributed by atoms with Crippen LogP contribution in [0.5, 0.6) is 0 Å². The van der Waals surface area contributed by atoms with Gasteiger partial charge in [-0.15, -0.1) is 11.3 Å². The molecule has 28 heavy (non-hydrogen) atoms. The number of benzene rings is 2. The topological polar surface area (TPSA) is 51.2 Å². The van der Waals surface area contributed by atoms with Gasteiger partial charge < -0.3 is 10.1 Å². The van der Waals surface area contributed by atoms with Gasteiger partial charge in [0.25, 0.3) is 0 Å². The zero-order chi connectivity index (χ0) is 19.6. The number of methoxy groups -OCH3 is 1. The Hall–Kier alpha value is -2.02. The van der Waals surface area contributed by atoms with E-state index in [2.05, 4.69) is 50.9 Å². The average molecular weight is 457 g/mol. The molecule has 3 aromatic rings. The molecule has 1 fully saturated rings. The zero-order valence-electron chi connectivity index (χ0n) is 15.6. The van der Waals surface area contributed by atoms with Crippen molar-refractivity contribution in [2.24, 2.45) is 0 Å². The highest BCUT2D eigenvalue weighted by atomic mass is 79.9. The lowest BCUT2D eigenvalue weighted by Crippen LogP contribution is -2.47. The largest absolute Gasteiger partial charge is 0.465 e. The summed E-state index contributed by atoms with van der Waals surface area (Å²) in [6.45, 7) is 0.743. The molecule has 6 heteroatoms. The van der Waals surface area contributed by atoms with Crippen LogP contribution in [0.1, 0.15) is 40.9 Å². The van der Waals surface area contributed by atoms with Gasteiger partial charge in [-0.05, 0) is 49.1 Å². The van der Waals surface area contributed by atoms with E-state index in [4.69, 9.17) is 9.72 Å². The van der Waals surface area contributed by atoms with E-state index >= 15 is 0 Å². The maximum absolute atomic E-state index is 11.6. The van der Waals surface area contributed by atoms with E-state index in [1.54, 1.807) is 23.5 Å². The summed E-state index contributed by atoms with van der Waals surface area (Å²) >= 11 is 5.14. The van der Waals surface area contributed by atoms with Crippen LogP contribution >= 0.6 is 27.3 Å². The molecule has 1 aliphatic rings. The normalized spacial score (nSPS) is 15.1. The highest BCUT2D eigenvalue weighted by Gasteiger charge is 2.38. The summed E-state index contributed by atoms with van der Waals surface area (Å²) in [5.41, 5.74) is 4.00. The summed E-state index contributed by atoms with van der Waals surface area (Å²) in [7, 11) is 1.39. The fourth-order valence-electron chi connectivity index (χ4n) is 3.51. The minimum atomic E-state index is -0.325. The highest BCUT2D eigenvalue weighted by Crippen LogP contribution is 2.41. The van der Waals surface area contributed by atoms with Gasteiger partial charge in [0.05, 0.1) is 18.4 Å². The first-order valence-electron chi connectivity index (χ1n) is 9.24. The Morgan fingerprint density at radius 3 is 2.50 bits per heavy atom. The van der Waals surface area contributed by atoms with Gasteiger partial charge in [-0.3, -0.25) is 0 Å². The minimum absolute atomic E-state index is 0.0621. The second-order valence-corrected chi connectivity index (χ2v) is 8.78. The van der Waals surface area contributed by atoms with Gasteiger partial charge in [-0.1, -0.05) is 40.2 Å². The molecule has 144 valence electrons. The van der Waals surface area contributed by atoms with E-state index < -0.39 is 0 Å². The first kappa shape index (κ1) is 19.3. The number of carbonyl (C=O) groups is 1. The summed E-state index contributed by atoms with van der Waals surface area (Å²) in [6.07, 6.45) is 3.55. The number of nitrogens with one attached hydrogen (secondary N) is 1. The third kappa shape index (κ3) is 3.90. The van der Waals surface area contributed by atoms with Crippen molar-refractivity contribution in [3.63, 3.8) is 0 Å². The third-order valence-corrected chi connectivity index (χ3v) is 6.79. The molecule has 0 unspecified atom stereocenters. The fraction of sp³-hybridized carbons (Fsp3) is 0.273. The number of esters is 1. The number of aromatic nitrogens is 1. The van der Waals surface area contributed by atoms with Crippen LogP contribution in [0.2, 0.25) is 0 Å². The molecule has 0 atom stereocenters. The number of ether oxygens (including phenoxy) is 1.